The zero-order chi connectivity index (χ0) is 15.9. The zero-order valence-electron chi connectivity index (χ0n) is 13.9. The minimum atomic E-state index is 0.134. The van der Waals surface area contributed by atoms with Crippen molar-refractivity contribution in [3.05, 3.63) is 11.4 Å². The molecular formula is C15H29N5O. The maximum atomic E-state index is 5.55. The molecule has 0 saturated carbocycles. The smallest absolute Gasteiger partial charge is 0.148 e. The van der Waals surface area contributed by atoms with Crippen molar-refractivity contribution in [2.75, 3.05) is 31.0 Å². The van der Waals surface area contributed by atoms with E-state index in [-0.39, 0.29) is 5.41 Å². The molecule has 0 aliphatic heterocycles. The van der Waals surface area contributed by atoms with Crippen LogP contribution in [0.5, 0.6) is 0 Å². The molecule has 0 saturated heterocycles. The predicted octanol–water partition coefficient (Wildman–Crippen LogP) is 2.50. The van der Waals surface area contributed by atoms with Crippen LogP contribution < -0.4 is 16.6 Å². The quantitative estimate of drug-likeness (QED) is 0.479. The van der Waals surface area contributed by atoms with Crippen LogP contribution in [-0.2, 0) is 11.2 Å². The van der Waals surface area contributed by atoms with Gasteiger partial charge in [0.15, 0.2) is 0 Å². The van der Waals surface area contributed by atoms with Crippen molar-refractivity contribution in [1.82, 2.24) is 9.97 Å². The molecule has 1 rings (SSSR count). The molecule has 0 fully saturated rings. The molecule has 4 N–H and O–H groups in total. The number of ether oxygens (including phenoxy) is 1. The summed E-state index contributed by atoms with van der Waals surface area (Å²) in [6.07, 6.45) is 2.84. The summed E-state index contributed by atoms with van der Waals surface area (Å²) in [5.41, 5.74) is 3.73. The topological polar surface area (TPSA) is 85.1 Å². The number of rotatable bonds is 9. The van der Waals surface area contributed by atoms with Gasteiger partial charge in [0.1, 0.15) is 17.5 Å². The molecule has 1 aromatic rings. The van der Waals surface area contributed by atoms with Gasteiger partial charge in [0.05, 0.1) is 0 Å². The lowest BCUT2D eigenvalue weighted by Crippen LogP contribution is -2.26. The summed E-state index contributed by atoms with van der Waals surface area (Å²) in [5.74, 6) is 7.90. The highest BCUT2D eigenvalue weighted by Crippen LogP contribution is 2.24. The van der Waals surface area contributed by atoms with E-state index in [1.54, 1.807) is 7.11 Å². The number of aromatic nitrogens is 2. The van der Waals surface area contributed by atoms with Gasteiger partial charge in [0.25, 0.3) is 0 Å². The van der Waals surface area contributed by atoms with Gasteiger partial charge in [-0.15, -0.1) is 0 Å². The summed E-state index contributed by atoms with van der Waals surface area (Å²) in [4.78, 5) is 9.03. The van der Waals surface area contributed by atoms with E-state index in [9.17, 15) is 0 Å². The molecule has 0 aliphatic carbocycles. The fraction of sp³-hybridized carbons (Fsp3) is 0.733. The van der Waals surface area contributed by atoms with Gasteiger partial charge < -0.3 is 15.5 Å². The van der Waals surface area contributed by atoms with E-state index in [1.807, 2.05) is 6.92 Å². The molecule has 1 heterocycles. The first-order chi connectivity index (χ1) is 9.93. The molecule has 0 aliphatic rings. The van der Waals surface area contributed by atoms with Gasteiger partial charge in [-0.3, -0.25) is 0 Å². The Bertz CT molecular complexity index is 448. The lowest BCUT2D eigenvalue weighted by atomic mass is 9.89. The molecule has 6 heteroatoms. The van der Waals surface area contributed by atoms with Crippen LogP contribution in [-0.4, -0.2) is 30.2 Å². The third-order valence-electron chi connectivity index (χ3n) is 3.52. The van der Waals surface area contributed by atoms with Crippen molar-refractivity contribution in [1.29, 1.82) is 0 Å². The maximum Gasteiger partial charge on any atom is 0.148 e. The Labute approximate surface area is 127 Å². The van der Waals surface area contributed by atoms with Crippen LogP contribution in [0, 0.1) is 12.3 Å². The summed E-state index contributed by atoms with van der Waals surface area (Å²) >= 11 is 0. The van der Waals surface area contributed by atoms with E-state index in [0.29, 0.717) is 5.82 Å². The van der Waals surface area contributed by atoms with Crippen LogP contribution in [0.4, 0.5) is 11.6 Å². The normalized spacial score (nSPS) is 11.5. The van der Waals surface area contributed by atoms with E-state index < -0.39 is 0 Å². The minimum Gasteiger partial charge on any atom is -0.385 e. The first-order valence-electron chi connectivity index (χ1n) is 7.50. The Morgan fingerprint density at radius 3 is 2.48 bits per heavy atom. The number of hydrogen-bond acceptors (Lipinski definition) is 6. The highest BCUT2D eigenvalue weighted by atomic mass is 16.5. The SMILES string of the molecule is CCCc1nc(NN)c(C)c(NCC(C)(C)CCOC)n1. The number of nitrogen functional groups attached to an aromatic ring is 1. The van der Waals surface area contributed by atoms with Gasteiger partial charge >= 0.3 is 0 Å². The third kappa shape index (κ3) is 5.47. The van der Waals surface area contributed by atoms with E-state index in [4.69, 9.17) is 10.6 Å². The molecule has 6 nitrogen and oxygen atoms in total. The summed E-state index contributed by atoms with van der Waals surface area (Å²) in [7, 11) is 1.73. The monoisotopic (exact) mass is 295 g/mol. The lowest BCUT2D eigenvalue weighted by Gasteiger charge is -2.25. The van der Waals surface area contributed by atoms with Crippen molar-refractivity contribution in [3.63, 3.8) is 0 Å². The molecule has 0 spiro atoms. The number of nitrogens with two attached hydrogens (primary N) is 1. The third-order valence-corrected chi connectivity index (χ3v) is 3.52. The van der Waals surface area contributed by atoms with Crippen LogP contribution in [0.2, 0.25) is 0 Å². The first-order valence-corrected chi connectivity index (χ1v) is 7.50. The number of hydrogen-bond donors (Lipinski definition) is 3. The molecule has 0 unspecified atom stereocenters. The second-order valence-electron chi connectivity index (χ2n) is 6.12. The summed E-state index contributed by atoms with van der Waals surface area (Å²) < 4.78 is 5.16. The van der Waals surface area contributed by atoms with Gasteiger partial charge in [-0.25, -0.2) is 15.8 Å². The Morgan fingerprint density at radius 1 is 1.24 bits per heavy atom. The van der Waals surface area contributed by atoms with Gasteiger partial charge in [0, 0.05) is 32.2 Å². The Hall–Kier alpha value is -1.40. The van der Waals surface area contributed by atoms with Gasteiger partial charge in [0.2, 0.25) is 0 Å². The highest BCUT2D eigenvalue weighted by Gasteiger charge is 2.19. The molecule has 0 atom stereocenters. The van der Waals surface area contributed by atoms with E-state index in [1.165, 1.54) is 0 Å². The molecule has 1 aromatic heterocycles. The van der Waals surface area contributed by atoms with E-state index in [0.717, 1.165) is 49.6 Å². The minimum absolute atomic E-state index is 0.134. The van der Waals surface area contributed by atoms with Crippen molar-refractivity contribution in [2.45, 2.75) is 47.0 Å². The highest BCUT2D eigenvalue weighted by molar-refractivity contribution is 5.56. The second kappa shape index (κ2) is 8.14. The van der Waals surface area contributed by atoms with Crippen molar-refractivity contribution in [3.8, 4) is 0 Å². The van der Waals surface area contributed by atoms with Crippen LogP contribution in [0.15, 0.2) is 0 Å². The summed E-state index contributed by atoms with van der Waals surface area (Å²) in [6, 6.07) is 0. The summed E-state index contributed by atoms with van der Waals surface area (Å²) in [5, 5.41) is 3.43. The second-order valence-corrected chi connectivity index (χ2v) is 6.12. The molecule has 0 radical (unpaired) electrons. The maximum absolute atomic E-state index is 5.55. The van der Waals surface area contributed by atoms with Crippen molar-refractivity contribution < 1.29 is 4.74 Å². The molecule has 0 aromatic carbocycles. The standard InChI is InChI=1S/C15H29N5O/c1-6-7-12-18-13(11(2)14(19-12)20-16)17-10-15(3,4)8-9-21-5/h6-10,16H2,1-5H3,(H2,17,18,19,20). The Morgan fingerprint density at radius 2 is 1.90 bits per heavy atom. The molecular weight excluding hydrogens is 266 g/mol. The van der Waals surface area contributed by atoms with E-state index >= 15 is 0 Å². The first kappa shape index (κ1) is 17.7. The average molecular weight is 295 g/mol. The van der Waals surface area contributed by atoms with Gasteiger partial charge in [-0.05, 0) is 25.2 Å². The van der Waals surface area contributed by atoms with Crippen LogP contribution >= 0.6 is 0 Å². The van der Waals surface area contributed by atoms with Crippen LogP contribution in [0.3, 0.4) is 0 Å². The molecule has 0 amide bonds. The zero-order valence-corrected chi connectivity index (χ0v) is 13.9. The Balaban J connectivity index is 2.84. The lowest BCUT2D eigenvalue weighted by molar-refractivity contribution is 0.157. The number of hydrazine groups is 1. The van der Waals surface area contributed by atoms with Gasteiger partial charge in [-0.1, -0.05) is 20.8 Å². The molecule has 120 valence electrons. The van der Waals surface area contributed by atoms with Crippen LogP contribution in [0.1, 0.15) is 45.0 Å². The van der Waals surface area contributed by atoms with E-state index in [2.05, 4.69) is 41.5 Å². The number of nitrogens with one attached hydrogen (secondary N) is 2. The number of aryl methyl sites for hydroxylation is 1. The molecule has 0 bridgehead atoms. The van der Waals surface area contributed by atoms with Gasteiger partial charge in [-0.2, -0.15) is 0 Å². The number of nitrogens with zero attached hydrogens (tertiary/aromatic N) is 2. The summed E-state index contributed by atoms with van der Waals surface area (Å²) in [6.45, 7) is 10.1. The Kier molecular flexibility index (Phi) is 6.84. The fourth-order valence-corrected chi connectivity index (χ4v) is 2.00. The predicted molar refractivity (Wildman–Crippen MR) is 87.3 cm³/mol. The van der Waals surface area contributed by atoms with Crippen molar-refractivity contribution in [2.24, 2.45) is 11.3 Å². The largest absolute Gasteiger partial charge is 0.385 e. The number of methoxy groups -OCH3 is 1. The average Bonchev–Trinajstić information content (AvgIpc) is 2.45. The molecule has 21 heavy (non-hydrogen) atoms. The van der Waals surface area contributed by atoms with Crippen molar-refractivity contribution >= 4 is 11.6 Å². The van der Waals surface area contributed by atoms with Crippen LogP contribution in [0.25, 0.3) is 0 Å². The number of anilines is 2. The fourth-order valence-electron chi connectivity index (χ4n) is 2.00.